The molecule has 0 aliphatic heterocycles. The summed E-state index contributed by atoms with van der Waals surface area (Å²) in [5.74, 6) is 0.0880. The minimum absolute atomic E-state index is 0.330. The summed E-state index contributed by atoms with van der Waals surface area (Å²) in [7, 11) is 0. The quantitative estimate of drug-likeness (QED) is 0.669. The number of hydrogen-bond acceptors (Lipinski definition) is 6. The van der Waals surface area contributed by atoms with E-state index in [9.17, 15) is 4.79 Å². The molecule has 1 unspecified atom stereocenters. The fourth-order valence-electron chi connectivity index (χ4n) is 2.10. The molecule has 0 aliphatic rings. The van der Waals surface area contributed by atoms with Crippen molar-refractivity contribution in [2.24, 2.45) is 11.5 Å². The van der Waals surface area contributed by atoms with E-state index < -0.39 is 11.9 Å². The Balaban J connectivity index is 1.67. The van der Waals surface area contributed by atoms with Gasteiger partial charge in [-0.05, 0) is 24.3 Å². The lowest BCUT2D eigenvalue weighted by atomic mass is 10.1. The molecule has 6 nitrogen and oxygen atoms in total. The van der Waals surface area contributed by atoms with Gasteiger partial charge in [-0.25, -0.2) is 4.98 Å². The Morgan fingerprint density at radius 2 is 1.91 bits per heavy atom. The second-order valence-electron chi connectivity index (χ2n) is 5.07. The third-order valence-electron chi connectivity index (χ3n) is 3.28. The predicted octanol–water partition coefficient (Wildman–Crippen LogP) is 1.87. The molecule has 0 saturated carbocycles. The van der Waals surface area contributed by atoms with Crippen LogP contribution >= 0.6 is 11.8 Å². The molecular formula is C16H16N4O2S. The highest BCUT2D eigenvalue weighted by Crippen LogP contribution is 2.25. The average molecular weight is 328 g/mol. The number of oxazole rings is 1. The van der Waals surface area contributed by atoms with E-state index in [1.165, 1.54) is 11.8 Å². The minimum atomic E-state index is -0.720. The van der Waals surface area contributed by atoms with Crippen molar-refractivity contribution in [1.29, 1.82) is 0 Å². The van der Waals surface area contributed by atoms with Crippen molar-refractivity contribution >= 4 is 28.8 Å². The SMILES string of the molecule is NC(=O)C(N)Cc1cccc(CSc2nc3ccccc3o2)n1. The van der Waals surface area contributed by atoms with Crippen molar-refractivity contribution in [3.63, 3.8) is 0 Å². The van der Waals surface area contributed by atoms with Crippen molar-refractivity contribution < 1.29 is 9.21 Å². The van der Waals surface area contributed by atoms with E-state index in [1.807, 2.05) is 42.5 Å². The molecule has 3 rings (SSSR count). The molecule has 0 aliphatic carbocycles. The van der Waals surface area contributed by atoms with Gasteiger partial charge in [-0.3, -0.25) is 9.78 Å². The summed E-state index contributed by atoms with van der Waals surface area (Å²) in [4.78, 5) is 19.9. The van der Waals surface area contributed by atoms with Gasteiger partial charge in [-0.1, -0.05) is 30.0 Å². The van der Waals surface area contributed by atoms with E-state index in [4.69, 9.17) is 15.9 Å². The van der Waals surface area contributed by atoms with E-state index in [0.29, 0.717) is 17.4 Å². The Morgan fingerprint density at radius 1 is 1.13 bits per heavy atom. The second-order valence-corrected chi connectivity index (χ2v) is 6.00. The maximum absolute atomic E-state index is 11.0. The van der Waals surface area contributed by atoms with Crippen LogP contribution < -0.4 is 11.5 Å². The number of fused-ring (bicyclic) bond motifs is 1. The first kappa shape index (κ1) is 15.5. The molecule has 23 heavy (non-hydrogen) atoms. The van der Waals surface area contributed by atoms with Crippen molar-refractivity contribution in [3.8, 4) is 0 Å². The Morgan fingerprint density at radius 3 is 2.70 bits per heavy atom. The van der Waals surface area contributed by atoms with Crippen molar-refractivity contribution in [1.82, 2.24) is 9.97 Å². The highest BCUT2D eigenvalue weighted by atomic mass is 32.2. The molecule has 1 atom stereocenters. The van der Waals surface area contributed by atoms with Crippen LogP contribution in [0.1, 0.15) is 11.4 Å². The molecule has 3 aromatic rings. The van der Waals surface area contributed by atoms with Crippen LogP contribution in [-0.4, -0.2) is 21.9 Å². The zero-order chi connectivity index (χ0) is 16.2. The summed E-state index contributed by atoms with van der Waals surface area (Å²) in [6.45, 7) is 0. The number of thioether (sulfide) groups is 1. The molecule has 2 aromatic heterocycles. The highest BCUT2D eigenvalue weighted by Gasteiger charge is 2.12. The summed E-state index contributed by atoms with van der Waals surface area (Å²) in [6.07, 6.45) is 0.330. The van der Waals surface area contributed by atoms with Gasteiger partial charge < -0.3 is 15.9 Å². The molecule has 4 N–H and O–H groups in total. The van der Waals surface area contributed by atoms with Crippen LogP contribution in [-0.2, 0) is 17.0 Å². The van der Waals surface area contributed by atoms with E-state index in [1.54, 1.807) is 0 Å². The third-order valence-corrected chi connectivity index (χ3v) is 4.14. The number of para-hydroxylation sites is 2. The molecule has 1 amide bonds. The number of aromatic nitrogens is 2. The largest absolute Gasteiger partial charge is 0.431 e. The van der Waals surface area contributed by atoms with E-state index in [-0.39, 0.29) is 0 Å². The molecular weight excluding hydrogens is 312 g/mol. The summed E-state index contributed by atoms with van der Waals surface area (Å²) in [6, 6.07) is 12.5. The van der Waals surface area contributed by atoms with Crippen LogP contribution in [0.5, 0.6) is 0 Å². The van der Waals surface area contributed by atoms with Crippen LogP contribution in [0.2, 0.25) is 0 Å². The van der Waals surface area contributed by atoms with Gasteiger partial charge in [0, 0.05) is 17.9 Å². The number of carbonyl (C=O) groups is 1. The molecule has 0 radical (unpaired) electrons. The van der Waals surface area contributed by atoms with Crippen LogP contribution in [0.15, 0.2) is 52.1 Å². The highest BCUT2D eigenvalue weighted by molar-refractivity contribution is 7.98. The minimum Gasteiger partial charge on any atom is -0.431 e. The number of pyridine rings is 1. The topological polar surface area (TPSA) is 108 Å². The van der Waals surface area contributed by atoms with Crippen LogP contribution in [0.4, 0.5) is 0 Å². The van der Waals surface area contributed by atoms with Crippen molar-refractivity contribution in [2.75, 3.05) is 0 Å². The van der Waals surface area contributed by atoms with E-state index in [2.05, 4.69) is 9.97 Å². The van der Waals surface area contributed by atoms with Crippen LogP contribution in [0.25, 0.3) is 11.1 Å². The van der Waals surface area contributed by atoms with Gasteiger partial charge in [0.25, 0.3) is 5.22 Å². The number of benzene rings is 1. The first-order valence-electron chi connectivity index (χ1n) is 7.10. The van der Waals surface area contributed by atoms with E-state index in [0.717, 1.165) is 22.5 Å². The fourth-order valence-corrected chi connectivity index (χ4v) is 2.84. The molecule has 118 valence electrons. The van der Waals surface area contributed by atoms with Crippen LogP contribution in [0, 0.1) is 0 Å². The van der Waals surface area contributed by atoms with Gasteiger partial charge in [-0.2, -0.15) is 0 Å². The Hall–Kier alpha value is -2.38. The number of amides is 1. The molecule has 0 saturated heterocycles. The van der Waals surface area contributed by atoms with Gasteiger partial charge in [-0.15, -0.1) is 0 Å². The molecule has 0 spiro atoms. The average Bonchev–Trinajstić information content (AvgIpc) is 2.96. The first-order valence-corrected chi connectivity index (χ1v) is 8.08. The van der Waals surface area contributed by atoms with Crippen molar-refractivity contribution in [2.45, 2.75) is 23.4 Å². The zero-order valence-corrected chi connectivity index (χ0v) is 13.1. The van der Waals surface area contributed by atoms with Gasteiger partial charge in [0.15, 0.2) is 5.58 Å². The number of rotatable bonds is 6. The molecule has 0 bridgehead atoms. The maximum atomic E-state index is 11.0. The standard InChI is InChI=1S/C16H16N4O2S/c17-12(15(18)21)8-10-4-3-5-11(19-10)9-23-16-20-13-6-1-2-7-14(13)22-16/h1-7,12H,8-9,17H2,(H2,18,21). The number of nitrogens with zero attached hydrogens (tertiary/aromatic N) is 2. The monoisotopic (exact) mass is 328 g/mol. The molecule has 1 aromatic carbocycles. The lowest BCUT2D eigenvalue weighted by molar-refractivity contribution is -0.119. The van der Waals surface area contributed by atoms with Crippen LogP contribution in [0.3, 0.4) is 0 Å². The fraction of sp³-hybridized carbons (Fsp3) is 0.188. The summed E-state index contributed by atoms with van der Waals surface area (Å²) >= 11 is 1.47. The van der Waals surface area contributed by atoms with Crippen molar-refractivity contribution in [3.05, 3.63) is 53.9 Å². The Labute approximate surface area is 137 Å². The zero-order valence-electron chi connectivity index (χ0n) is 12.3. The lowest BCUT2D eigenvalue weighted by Gasteiger charge is -2.07. The Bertz CT molecular complexity index is 801. The number of primary amides is 1. The molecule has 0 fully saturated rings. The van der Waals surface area contributed by atoms with Gasteiger partial charge in [0.05, 0.1) is 11.7 Å². The second kappa shape index (κ2) is 6.80. The number of nitrogens with two attached hydrogens (primary N) is 2. The normalized spacial score (nSPS) is 12.4. The first-order chi connectivity index (χ1) is 11.1. The lowest BCUT2D eigenvalue weighted by Crippen LogP contribution is -2.38. The third kappa shape index (κ3) is 3.88. The number of hydrogen-bond donors (Lipinski definition) is 2. The Kier molecular flexibility index (Phi) is 4.59. The van der Waals surface area contributed by atoms with Gasteiger partial charge in [0.2, 0.25) is 5.91 Å². The molecule has 7 heteroatoms. The summed E-state index contributed by atoms with van der Waals surface area (Å²) in [5.41, 5.74) is 14.1. The number of carbonyl (C=O) groups excluding carboxylic acids is 1. The maximum Gasteiger partial charge on any atom is 0.257 e. The van der Waals surface area contributed by atoms with E-state index >= 15 is 0 Å². The summed E-state index contributed by atoms with van der Waals surface area (Å²) in [5, 5.41) is 0.604. The predicted molar refractivity (Wildman–Crippen MR) is 88.7 cm³/mol. The molecule has 2 heterocycles. The smallest absolute Gasteiger partial charge is 0.257 e. The van der Waals surface area contributed by atoms with Gasteiger partial charge >= 0.3 is 0 Å². The summed E-state index contributed by atoms with van der Waals surface area (Å²) < 4.78 is 5.66. The van der Waals surface area contributed by atoms with Gasteiger partial charge in [0.1, 0.15) is 5.52 Å².